The van der Waals surface area contributed by atoms with E-state index >= 15 is 0 Å². The molecule has 0 fully saturated rings. The summed E-state index contributed by atoms with van der Waals surface area (Å²) in [7, 11) is 0. The van der Waals surface area contributed by atoms with Crippen LogP contribution in [-0.4, -0.2) is 39.3 Å². The fourth-order valence-corrected chi connectivity index (χ4v) is 2.77. The second-order valence-electron chi connectivity index (χ2n) is 6.27. The number of ether oxygens (including phenoxy) is 2. The van der Waals surface area contributed by atoms with Gasteiger partial charge in [-0.2, -0.15) is 4.80 Å². The van der Waals surface area contributed by atoms with Crippen LogP contribution in [0.3, 0.4) is 0 Å². The number of aromatic nitrogens is 4. The number of hydrogen-bond acceptors (Lipinski definition) is 6. The van der Waals surface area contributed by atoms with Crippen molar-refractivity contribution in [3.63, 3.8) is 0 Å². The van der Waals surface area contributed by atoms with Crippen molar-refractivity contribution in [2.45, 2.75) is 33.7 Å². The lowest BCUT2D eigenvalue weighted by Crippen LogP contribution is -2.20. The van der Waals surface area contributed by atoms with Crippen molar-refractivity contribution in [2.24, 2.45) is 0 Å². The van der Waals surface area contributed by atoms with Crippen molar-refractivity contribution < 1.29 is 14.3 Å². The van der Waals surface area contributed by atoms with E-state index in [1.165, 1.54) is 10.4 Å². The first-order chi connectivity index (χ1) is 14.1. The largest absolute Gasteiger partial charge is 0.490 e. The quantitative estimate of drug-likeness (QED) is 0.597. The molecule has 0 bridgehead atoms. The number of aryl methyl sites for hydroxylation is 1. The molecule has 1 N–H and O–H groups in total. The summed E-state index contributed by atoms with van der Waals surface area (Å²) in [4.78, 5) is 13.7. The summed E-state index contributed by atoms with van der Waals surface area (Å²) in [5.41, 5.74) is 2.71. The molecule has 0 aliphatic rings. The number of nitrogens with zero attached hydrogens (tertiary/aromatic N) is 4. The highest BCUT2D eigenvalue weighted by Gasteiger charge is 2.12. The van der Waals surface area contributed by atoms with Crippen LogP contribution in [-0.2, 0) is 17.8 Å². The molecular weight excluding hydrogens is 370 g/mol. The SMILES string of the molecule is CCOc1ccc(NC(=O)Cn2nnc(-c3ccc(CC)cc3)n2)cc1OCC. The highest BCUT2D eigenvalue weighted by molar-refractivity contribution is 5.90. The molecule has 2 aromatic carbocycles. The zero-order valence-electron chi connectivity index (χ0n) is 16.9. The molecule has 1 heterocycles. The van der Waals surface area contributed by atoms with Crippen LogP contribution in [0.5, 0.6) is 11.5 Å². The summed E-state index contributed by atoms with van der Waals surface area (Å²) in [6, 6.07) is 13.2. The van der Waals surface area contributed by atoms with Crippen molar-refractivity contribution in [1.29, 1.82) is 0 Å². The van der Waals surface area contributed by atoms with Crippen LogP contribution in [0.15, 0.2) is 42.5 Å². The third-order valence-corrected chi connectivity index (χ3v) is 4.19. The lowest BCUT2D eigenvalue weighted by Gasteiger charge is -2.12. The van der Waals surface area contributed by atoms with Gasteiger partial charge in [0, 0.05) is 17.3 Å². The molecule has 0 spiro atoms. The summed E-state index contributed by atoms with van der Waals surface area (Å²) in [5, 5.41) is 15.1. The van der Waals surface area contributed by atoms with Crippen LogP contribution in [0.4, 0.5) is 5.69 Å². The van der Waals surface area contributed by atoms with E-state index in [0.717, 1.165) is 12.0 Å². The van der Waals surface area contributed by atoms with Crippen molar-refractivity contribution in [2.75, 3.05) is 18.5 Å². The van der Waals surface area contributed by atoms with Crippen molar-refractivity contribution in [3.05, 3.63) is 48.0 Å². The molecule has 0 atom stereocenters. The lowest BCUT2D eigenvalue weighted by molar-refractivity contribution is -0.117. The first-order valence-corrected chi connectivity index (χ1v) is 9.69. The zero-order chi connectivity index (χ0) is 20.6. The van der Waals surface area contributed by atoms with Gasteiger partial charge in [-0.15, -0.1) is 10.2 Å². The minimum atomic E-state index is -0.262. The van der Waals surface area contributed by atoms with E-state index in [1.807, 2.05) is 38.1 Å². The monoisotopic (exact) mass is 395 g/mol. The molecule has 3 rings (SSSR count). The van der Waals surface area contributed by atoms with Crippen LogP contribution in [0.25, 0.3) is 11.4 Å². The Bertz CT molecular complexity index is 953. The van der Waals surface area contributed by atoms with Gasteiger partial charge in [-0.05, 0) is 43.2 Å². The lowest BCUT2D eigenvalue weighted by atomic mass is 10.1. The third-order valence-electron chi connectivity index (χ3n) is 4.19. The van der Waals surface area contributed by atoms with E-state index in [1.54, 1.807) is 18.2 Å². The van der Waals surface area contributed by atoms with E-state index in [2.05, 4.69) is 27.7 Å². The molecular formula is C21H25N5O3. The van der Waals surface area contributed by atoms with Gasteiger partial charge in [0.05, 0.1) is 13.2 Å². The van der Waals surface area contributed by atoms with Crippen molar-refractivity contribution in [3.8, 4) is 22.9 Å². The normalized spacial score (nSPS) is 10.6. The zero-order valence-corrected chi connectivity index (χ0v) is 16.9. The molecule has 3 aromatic rings. The Balaban J connectivity index is 1.65. The van der Waals surface area contributed by atoms with E-state index in [-0.39, 0.29) is 12.5 Å². The number of rotatable bonds is 9. The average Bonchev–Trinajstić information content (AvgIpc) is 3.18. The smallest absolute Gasteiger partial charge is 0.248 e. The summed E-state index contributed by atoms with van der Waals surface area (Å²) in [6.45, 7) is 6.89. The Kier molecular flexibility index (Phi) is 6.78. The minimum Gasteiger partial charge on any atom is -0.490 e. The Morgan fingerprint density at radius 2 is 1.72 bits per heavy atom. The highest BCUT2D eigenvalue weighted by Crippen LogP contribution is 2.30. The van der Waals surface area contributed by atoms with E-state index in [0.29, 0.717) is 36.2 Å². The molecule has 8 nitrogen and oxygen atoms in total. The second kappa shape index (κ2) is 9.68. The molecule has 0 aliphatic carbocycles. The van der Waals surface area contributed by atoms with Crippen LogP contribution in [0.1, 0.15) is 26.3 Å². The number of anilines is 1. The van der Waals surface area contributed by atoms with Crippen molar-refractivity contribution in [1.82, 2.24) is 20.2 Å². The average molecular weight is 395 g/mol. The molecule has 0 aliphatic heterocycles. The minimum absolute atomic E-state index is 0.0444. The van der Waals surface area contributed by atoms with Crippen LogP contribution in [0.2, 0.25) is 0 Å². The number of carbonyl (C=O) groups is 1. The van der Waals surface area contributed by atoms with Gasteiger partial charge < -0.3 is 14.8 Å². The standard InChI is InChI=1S/C21H25N5O3/c1-4-15-7-9-16(10-8-15)21-23-25-26(24-21)14-20(27)22-17-11-12-18(28-5-2)19(13-17)29-6-3/h7-13H,4-6,14H2,1-3H3,(H,22,27). The predicted octanol–water partition coefficient (Wildman–Crippen LogP) is 3.34. The molecule has 0 saturated carbocycles. The number of carbonyl (C=O) groups excluding carboxylic acids is 1. The first-order valence-electron chi connectivity index (χ1n) is 9.69. The molecule has 0 unspecified atom stereocenters. The van der Waals surface area contributed by atoms with Gasteiger partial charge in [0.2, 0.25) is 11.7 Å². The molecule has 29 heavy (non-hydrogen) atoms. The fourth-order valence-electron chi connectivity index (χ4n) is 2.77. The molecule has 152 valence electrons. The predicted molar refractivity (Wildman–Crippen MR) is 110 cm³/mol. The number of amides is 1. The van der Waals surface area contributed by atoms with Gasteiger partial charge >= 0.3 is 0 Å². The Labute approximate surface area is 169 Å². The van der Waals surface area contributed by atoms with Gasteiger partial charge in [0.1, 0.15) is 6.54 Å². The Morgan fingerprint density at radius 1 is 1.00 bits per heavy atom. The Morgan fingerprint density at radius 3 is 2.41 bits per heavy atom. The molecule has 0 radical (unpaired) electrons. The van der Waals surface area contributed by atoms with E-state index in [9.17, 15) is 4.79 Å². The van der Waals surface area contributed by atoms with Gasteiger partial charge in [-0.3, -0.25) is 4.79 Å². The van der Waals surface area contributed by atoms with Crippen LogP contribution in [0, 0.1) is 0 Å². The molecule has 1 amide bonds. The summed E-state index contributed by atoms with van der Waals surface area (Å²) in [6.07, 6.45) is 0.969. The Hall–Kier alpha value is -3.42. The maximum atomic E-state index is 12.4. The van der Waals surface area contributed by atoms with Crippen LogP contribution < -0.4 is 14.8 Å². The summed E-state index contributed by atoms with van der Waals surface area (Å²) < 4.78 is 11.1. The van der Waals surface area contributed by atoms with Gasteiger partial charge in [-0.1, -0.05) is 31.2 Å². The number of tetrazole rings is 1. The van der Waals surface area contributed by atoms with Crippen LogP contribution >= 0.6 is 0 Å². The summed E-state index contributed by atoms with van der Waals surface area (Å²) >= 11 is 0. The maximum Gasteiger partial charge on any atom is 0.248 e. The van der Waals surface area contributed by atoms with E-state index < -0.39 is 0 Å². The van der Waals surface area contributed by atoms with Crippen molar-refractivity contribution >= 4 is 11.6 Å². The number of hydrogen-bond donors (Lipinski definition) is 1. The highest BCUT2D eigenvalue weighted by atomic mass is 16.5. The number of nitrogens with one attached hydrogen (secondary N) is 1. The third kappa shape index (κ3) is 5.31. The number of benzene rings is 2. The van der Waals surface area contributed by atoms with Gasteiger partial charge in [0.15, 0.2) is 11.5 Å². The molecule has 1 aromatic heterocycles. The molecule has 8 heteroatoms. The molecule has 0 saturated heterocycles. The topological polar surface area (TPSA) is 91.2 Å². The maximum absolute atomic E-state index is 12.4. The fraction of sp³-hybridized carbons (Fsp3) is 0.333. The van der Waals surface area contributed by atoms with E-state index in [4.69, 9.17) is 9.47 Å². The van der Waals surface area contributed by atoms with Gasteiger partial charge in [-0.25, -0.2) is 0 Å². The first kappa shape index (κ1) is 20.3. The van der Waals surface area contributed by atoms with Gasteiger partial charge in [0.25, 0.3) is 0 Å². The summed E-state index contributed by atoms with van der Waals surface area (Å²) in [5.74, 6) is 1.45. The second-order valence-corrected chi connectivity index (χ2v) is 6.27.